The van der Waals surface area contributed by atoms with Gasteiger partial charge in [0.25, 0.3) is 0 Å². The maximum absolute atomic E-state index is 14.1. The summed E-state index contributed by atoms with van der Waals surface area (Å²) in [6.07, 6.45) is 1.87. The Morgan fingerprint density at radius 2 is 1.87 bits per heavy atom. The Kier molecular flexibility index (Phi) is 6.14. The largest absolute Gasteiger partial charge is 0.360 e. The van der Waals surface area contributed by atoms with Crippen LogP contribution in [0.5, 0.6) is 0 Å². The third-order valence-electron chi connectivity index (χ3n) is 5.86. The summed E-state index contributed by atoms with van der Waals surface area (Å²) in [5.74, 6) is -0.0739. The fourth-order valence-corrected chi connectivity index (χ4v) is 5.71. The van der Waals surface area contributed by atoms with E-state index in [1.165, 1.54) is 10.4 Å². The van der Waals surface area contributed by atoms with Gasteiger partial charge in [-0.15, -0.1) is 0 Å². The van der Waals surface area contributed by atoms with Crippen molar-refractivity contribution in [2.24, 2.45) is 0 Å². The molecule has 0 bridgehead atoms. The van der Waals surface area contributed by atoms with Gasteiger partial charge in [0.15, 0.2) is 5.76 Å². The minimum absolute atomic E-state index is 0.0483. The molecule has 0 unspecified atom stereocenters. The highest BCUT2D eigenvalue weighted by molar-refractivity contribution is 7.89. The van der Waals surface area contributed by atoms with Crippen LogP contribution in [0.4, 0.5) is 4.39 Å². The fourth-order valence-electron chi connectivity index (χ4n) is 4.00. The molecule has 1 aliphatic heterocycles. The molecule has 31 heavy (non-hydrogen) atoms. The van der Waals surface area contributed by atoms with Crippen LogP contribution in [0.25, 0.3) is 0 Å². The highest BCUT2D eigenvalue weighted by Gasteiger charge is 2.36. The van der Waals surface area contributed by atoms with Gasteiger partial charge in [-0.25, -0.2) is 12.8 Å². The van der Waals surface area contributed by atoms with E-state index in [1.54, 1.807) is 36.9 Å². The van der Waals surface area contributed by atoms with Crippen LogP contribution in [-0.2, 0) is 21.4 Å². The number of halogens is 1. The van der Waals surface area contributed by atoms with Gasteiger partial charge in [-0.05, 0) is 32.8 Å². The predicted molar refractivity (Wildman–Crippen MR) is 111 cm³/mol. The van der Waals surface area contributed by atoms with Gasteiger partial charge in [-0.1, -0.05) is 23.4 Å². The van der Waals surface area contributed by atoms with E-state index in [2.05, 4.69) is 5.16 Å². The number of aryl methyl sites for hydroxylation is 2. The van der Waals surface area contributed by atoms with E-state index < -0.39 is 10.0 Å². The van der Waals surface area contributed by atoms with Crippen LogP contribution in [-0.4, -0.2) is 72.4 Å². The number of nitrogens with zero attached hydrogens (tertiary/aromatic N) is 4. The van der Waals surface area contributed by atoms with Crippen LogP contribution in [0, 0.1) is 19.7 Å². The number of piperazine rings is 1. The van der Waals surface area contributed by atoms with E-state index in [0.717, 1.165) is 12.8 Å². The molecule has 1 aliphatic carbocycles. The highest BCUT2D eigenvalue weighted by Crippen LogP contribution is 2.29. The van der Waals surface area contributed by atoms with E-state index in [9.17, 15) is 17.6 Å². The smallest absolute Gasteiger partial charge is 0.248 e. The first-order valence-electron chi connectivity index (χ1n) is 10.5. The van der Waals surface area contributed by atoms with E-state index in [0.29, 0.717) is 24.3 Å². The SMILES string of the molecule is Cc1noc(C)c1S(=O)(=O)N1CCN(CC(=O)N(Cc2ccccc2F)C2CC2)CC1. The molecule has 8 nitrogen and oxygen atoms in total. The Labute approximate surface area is 181 Å². The van der Waals surface area contributed by atoms with Crippen molar-refractivity contribution in [3.8, 4) is 0 Å². The average Bonchev–Trinajstić information content (AvgIpc) is 3.51. The molecule has 0 radical (unpaired) electrons. The standard InChI is InChI=1S/C21H27FN4O4S/c1-15-21(16(2)30-23-15)31(28,29)25-11-9-24(10-12-25)14-20(27)26(18-7-8-18)13-17-5-3-4-6-19(17)22/h3-6,18H,7-14H2,1-2H3. The maximum Gasteiger partial charge on any atom is 0.248 e. The number of amides is 1. The van der Waals surface area contributed by atoms with Gasteiger partial charge in [0.1, 0.15) is 16.4 Å². The van der Waals surface area contributed by atoms with Gasteiger partial charge < -0.3 is 9.42 Å². The molecule has 1 saturated carbocycles. The van der Waals surface area contributed by atoms with E-state index in [1.807, 2.05) is 4.90 Å². The Morgan fingerprint density at radius 1 is 1.19 bits per heavy atom. The topological polar surface area (TPSA) is 87.0 Å². The first-order valence-corrected chi connectivity index (χ1v) is 11.9. The molecule has 2 heterocycles. The quantitative estimate of drug-likeness (QED) is 0.641. The number of carbonyl (C=O) groups excluding carboxylic acids is 1. The third-order valence-corrected chi connectivity index (χ3v) is 8.01. The molecule has 1 aromatic carbocycles. The second kappa shape index (κ2) is 8.68. The van der Waals surface area contributed by atoms with Gasteiger partial charge in [-0.2, -0.15) is 4.31 Å². The van der Waals surface area contributed by atoms with Gasteiger partial charge in [0, 0.05) is 44.3 Å². The Balaban J connectivity index is 1.37. The number of aromatic nitrogens is 1. The van der Waals surface area contributed by atoms with Crippen molar-refractivity contribution < 1.29 is 22.1 Å². The lowest BCUT2D eigenvalue weighted by molar-refractivity contribution is -0.134. The maximum atomic E-state index is 14.1. The minimum Gasteiger partial charge on any atom is -0.360 e. The van der Waals surface area contributed by atoms with Crippen molar-refractivity contribution in [1.29, 1.82) is 0 Å². The van der Waals surface area contributed by atoms with Crippen LogP contribution in [0.2, 0.25) is 0 Å². The molecule has 0 atom stereocenters. The molecule has 4 rings (SSSR count). The molecule has 0 spiro atoms. The van der Waals surface area contributed by atoms with E-state index in [4.69, 9.17) is 4.52 Å². The zero-order valence-electron chi connectivity index (χ0n) is 17.8. The van der Waals surface area contributed by atoms with Crippen molar-refractivity contribution in [1.82, 2.24) is 19.3 Å². The highest BCUT2D eigenvalue weighted by atomic mass is 32.2. The first kappa shape index (κ1) is 21.9. The van der Waals surface area contributed by atoms with Crippen molar-refractivity contribution in [3.05, 3.63) is 47.1 Å². The van der Waals surface area contributed by atoms with Gasteiger partial charge >= 0.3 is 0 Å². The average molecular weight is 451 g/mol. The summed E-state index contributed by atoms with van der Waals surface area (Å²) in [7, 11) is -3.68. The van der Waals surface area contributed by atoms with Crippen LogP contribution < -0.4 is 0 Å². The van der Waals surface area contributed by atoms with Crippen molar-refractivity contribution in [2.75, 3.05) is 32.7 Å². The first-order chi connectivity index (χ1) is 14.8. The summed E-state index contributed by atoms with van der Waals surface area (Å²) in [5.41, 5.74) is 0.862. The molecular formula is C21H27FN4O4S. The summed E-state index contributed by atoms with van der Waals surface area (Å²) in [5, 5.41) is 3.75. The number of sulfonamides is 1. The lowest BCUT2D eigenvalue weighted by Crippen LogP contribution is -2.51. The Morgan fingerprint density at radius 3 is 2.45 bits per heavy atom. The number of carbonyl (C=O) groups is 1. The molecule has 2 aromatic rings. The summed E-state index contributed by atoms with van der Waals surface area (Å²) in [6, 6.07) is 6.68. The fraction of sp³-hybridized carbons (Fsp3) is 0.524. The summed E-state index contributed by atoms with van der Waals surface area (Å²) >= 11 is 0. The molecule has 1 amide bonds. The third kappa shape index (κ3) is 4.65. The molecule has 1 saturated heterocycles. The number of hydrogen-bond acceptors (Lipinski definition) is 6. The van der Waals surface area contributed by atoms with Gasteiger partial charge in [0.2, 0.25) is 15.9 Å². The normalized spacial score (nSPS) is 18.3. The molecule has 10 heteroatoms. The molecule has 2 fully saturated rings. The summed E-state index contributed by atoms with van der Waals surface area (Å²) < 4.78 is 46.4. The van der Waals surface area contributed by atoms with Gasteiger partial charge in [0.05, 0.1) is 6.54 Å². The minimum atomic E-state index is -3.68. The van der Waals surface area contributed by atoms with Crippen molar-refractivity contribution >= 4 is 15.9 Å². The molecule has 1 aromatic heterocycles. The Bertz CT molecular complexity index is 1040. The van der Waals surface area contributed by atoms with Crippen molar-refractivity contribution in [3.63, 3.8) is 0 Å². The van der Waals surface area contributed by atoms with Crippen LogP contribution in [0.1, 0.15) is 29.9 Å². The molecule has 2 aliphatic rings. The lowest BCUT2D eigenvalue weighted by Gasteiger charge is -2.34. The lowest BCUT2D eigenvalue weighted by atomic mass is 10.2. The van der Waals surface area contributed by atoms with Gasteiger partial charge in [-0.3, -0.25) is 9.69 Å². The number of hydrogen-bond donors (Lipinski definition) is 0. The number of benzene rings is 1. The Hall–Kier alpha value is -2.30. The number of rotatable bonds is 7. The summed E-state index contributed by atoms with van der Waals surface area (Å²) in [4.78, 5) is 16.8. The van der Waals surface area contributed by atoms with Crippen LogP contribution in [0.15, 0.2) is 33.7 Å². The van der Waals surface area contributed by atoms with Crippen LogP contribution in [0.3, 0.4) is 0 Å². The molecular weight excluding hydrogens is 423 g/mol. The van der Waals surface area contributed by atoms with Crippen LogP contribution >= 0.6 is 0 Å². The second-order valence-electron chi connectivity index (χ2n) is 8.18. The molecule has 168 valence electrons. The van der Waals surface area contributed by atoms with E-state index >= 15 is 0 Å². The zero-order valence-corrected chi connectivity index (χ0v) is 18.6. The predicted octanol–water partition coefficient (Wildman–Crippen LogP) is 1.93. The monoisotopic (exact) mass is 450 g/mol. The second-order valence-corrected chi connectivity index (χ2v) is 10.1. The van der Waals surface area contributed by atoms with E-state index in [-0.39, 0.29) is 54.6 Å². The molecule has 0 N–H and O–H groups in total. The van der Waals surface area contributed by atoms with Crippen molar-refractivity contribution in [2.45, 2.75) is 44.2 Å². The summed E-state index contributed by atoms with van der Waals surface area (Å²) in [6.45, 7) is 5.14. The zero-order chi connectivity index (χ0) is 22.2.